The highest BCUT2D eigenvalue weighted by molar-refractivity contribution is 5.90. The van der Waals surface area contributed by atoms with E-state index in [0.717, 1.165) is 51.4 Å². The monoisotopic (exact) mass is 596 g/mol. The van der Waals surface area contributed by atoms with Crippen molar-refractivity contribution in [3.05, 3.63) is 11.6 Å². The van der Waals surface area contributed by atoms with Gasteiger partial charge in [-0.3, -0.25) is 0 Å². The topological polar surface area (TPSA) is 116 Å². The summed E-state index contributed by atoms with van der Waals surface area (Å²) in [6, 6.07) is 0. The zero-order chi connectivity index (χ0) is 30.6. The van der Waals surface area contributed by atoms with Crippen LogP contribution in [-0.2, 0) is 14.3 Å². The molecule has 7 nitrogen and oxygen atoms in total. The fraction of sp³-hybridized carbons (Fsp3) is 0.914. The number of aliphatic hydroxyl groups is 4. The second-order valence-electron chi connectivity index (χ2n) is 13.1. The Labute approximate surface area is 256 Å². The fourth-order valence-electron chi connectivity index (χ4n) is 6.40. The van der Waals surface area contributed by atoms with Gasteiger partial charge in [-0.2, -0.15) is 0 Å². The van der Waals surface area contributed by atoms with Crippen LogP contribution in [0.4, 0.5) is 0 Å². The van der Waals surface area contributed by atoms with Crippen LogP contribution in [0, 0.1) is 0 Å². The van der Waals surface area contributed by atoms with Crippen LogP contribution in [0.25, 0.3) is 0 Å². The summed E-state index contributed by atoms with van der Waals surface area (Å²) < 4.78 is 11.2. The van der Waals surface area contributed by atoms with Crippen LogP contribution in [0.3, 0.4) is 0 Å². The molecule has 7 heteroatoms. The smallest absolute Gasteiger partial charge is 0.334 e. The third-order valence-electron chi connectivity index (χ3n) is 9.14. The summed E-state index contributed by atoms with van der Waals surface area (Å²) in [5.74, 6) is -0.276. The van der Waals surface area contributed by atoms with Gasteiger partial charge in [-0.05, 0) is 57.9 Å². The van der Waals surface area contributed by atoms with Gasteiger partial charge in [0.05, 0.1) is 36.6 Å². The van der Waals surface area contributed by atoms with Crippen molar-refractivity contribution >= 4 is 5.97 Å². The maximum Gasteiger partial charge on any atom is 0.334 e. The summed E-state index contributed by atoms with van der Waals surface area (Å²) in [5.41, 5.74) is 0.622. The van der Waals surface area contributed by atoms with E-state index in [0.29, 0.717) is 31.3 Å². The Morgan fingerprint density at radius 1 is 0.738 bits per heavy atom. The van der Waals surface area contributed by atoms with Crippen molar-refractivity contribution in [3.8, 4) is 0 Å². The standard InChI is InChI=1S/C35H64O7/c1-3-4-5-12-17-20-31(37)32(38)22-23-33(39)34-24-21-30(42-34)19-16-14-11-9-7-6-8-10-13-15-18-29(36)26-28-25-27(2)41-35(28)40/h25,27,29-34,36-39H,3-24,26H2,1-2H3. The molecule has 2 aliphatic heterocycles. The molecule has 0 aromatic heterocycles. The molecule has 0 aromatic rings. The van der Waals surface area contributed by atoms with Gasteiger partial charge in [0.2, 0.25) is 0 Å². The van der Waals surface area contributed by atoms with Gasteiger partial charge >= 0.3 is 5.97 Å². The lowest BCUT2D eigenvalue weighted by atomic mass is 9.98. The molecule has 246 valence electrons. The van der Waals surface area contributed by atoms with Gasteiger partial charge < -0.3 is 29.9 Å². The molecule has 0 aromatic carbocycles. The van der Waals surface area contributed by atoms with Crippen molar-refractivity contribution in [2.24, 2.45) is 0 Å². The van der Waals surface area contributed by atoms with Crippen molar-refractivity contribution in [1.82, 2.24) is 0 Å². The van der Waals surface area contributed by atoms with Crippen LogP contribution in [0.2, 0.25) is 0 Å². The first kappa shape index (κ1) is 37.2. The number of carbonyl (C=O) groups is 1. The first-order chi connectivity index (χ1) is 20.3. The fourth-order valence-corrected chi connectivity index (χ4v) is 6.40. The van der Waals surface area contributed by atoms with E-state index in [9.17, 15) is 25.2 Å². The molecule has 2 rings (SSSR count). The van der Waals surface area contributed by atoms with Crippen LogP contribution >= 0.6 is 0 Å². The highest BCUT2D eigenvalue weighted by atomic mass is 16.5. The van der Waals surface area contributed by atoms with E-state index in [1.54, 1.807) is 0 Å². The number of esters is 1. The molecule has 42 heavy (non-hydrogen) atoms. The van der Waals surface area contributed by atoms with E-state index in [-0.39, 0.29) is 24.3 Å². The molecule has 0 saturated carbocycles. The van der Waals surface area contributed by atoms with E-state index < -0.39 is 24.4 Å². The minimum Gasteiger partial charge on any atom is -0.455 e. The average Bonchev–Trinajstić information content (AvgIpc) is 3.57. The van der Waals surface area contributed by atoms with Gasteiger partial charge in [0.15, 0.2) is 0 Å². The SMILES string of the molecule is CCCCCCCC(O)C(O)CCC(O)C1CCC(CCCCCCCCCCCCC(O)CC2=CC(C)OC2=O)O1. The first-order valence-electron chi connectivity index (χ1n) is 17.6. The Bertz CT molecular complexity index is 726. The Morgan fingerprint density at radius 2 is 1.31 bits per heavy atom. The van der Waals surface area contributed by atoms with Crippen LogP contribution < -0.4 is 0 Å². The van der Waals surface area contributed by atoms with E-state index in [1.165, 1.54) is 70.6 Å². The maximum absolute atomic E-state index is 11.6. The Morgan fingerprint density at radius 3 is 1.93 bits per heavy atom. The lowest BCUT2D eigenvalue weighted by molar-refractivity contribution is -0.139. The molecule has 1 fully saturated rings. The maximum atomic E-state index is 11.6. The van der Waals surface area contributed by atoms with Gasteiger partial charge in [-0.25, -0.2) is 4.79 Å². The van der Waals surface area contributed by atoms with Gasteiger partial charge in [0.1, 0.15) is 6.10 Å². The summed E-state index contributed by atoms with van der Waals surface area (Å²) >= 11 is 0. The van der Waals surface area contributed by atoms with Gasteiger partial charge in [-0.1, -0.05) is 103 Å². The Kier molecular flexibility index (Phi) is 19.9. The number of ether oxygens (including phenoxy) is 2. The van der Waals surface area contributed by atoms with Crippen LogP contribution in [0.1, 0.15) is 162 Å². The molecule has 2 aliphatic rings. The highest BCUT2D eigenvalue weighted by Crippen LogP contribution is 2.28. The number of carbonyl (C=O) groups excluding carboxylic acids is 1. The van der Waals surface area contributed by atoms with Gasteiger partial charge in [0.25, 0.3) is 0 Å². The molecule has 4 N–H and O–H groups in total. The van der Waals surface area contributed by atoms with Crippen molar-refractivity contribution < 1.29 is 34.7 Å². The van der Waals surface area contributed by atoms with E-state index in [1.807, 2.05) is 13.0 Å². The van der Waals surface area contributed by atoms with Crippen molar-refractivity contribution in [1.29, 1.82) is 0 Å². The summed E-state index contributed by atoms with van der Waals surface area (Å²) in [6.07, 6.45) is 22.7. The molecular formula is C35H64O7. The lowest BCUT2D eigenvalue weighted by Crippen LogP contribution is -2.31. The van der Waals surface area contributed by atoms with E-state index in [2.05, 4.69) is 6.92 Å². The Balaban J connectivity index is 1.37. The van der Waals surface area contributed by atoms with E-state index >= 15 is 0 Å². The van der Waals surface area contributed by atoms with Crippen LogP contribution in [-0.4, -0.2) is 69.1 Å². The molecule has 7 unspecified atom stereocenters. The summed E-state index contributed by atoms with van der Waals surface area (Å²) in [4.78, 5) is 11.6. The van der Waals surface area contributed by atoms with Gasteiger partial charge in [0, 0.05) is 12.0 Å². The number of aliphatic hydroxyl groups excluding tert-OH is 4. The number of cyclic esters (lactones) is 1. The average molecular weight is 597 g/mol. The lowest BCUT2D eigenvalue weighted by Gasteiger charge is -2.22. The normalized spacial score (nSPS) is 23.5. The molecular weight excluding hydrogens is 532 g/mol. The zero-order valence-electron chi connectivity index (χ0n) is 26.9. The second-order valence-corrected chi connectivity index (χ2v) is 13.1. The largest absolute Gasteiger partial charge is 0.455 e. The Hall–Kier alpha value is -0.990. The number of unbranched alkanes of at least 4 members (excludes halogenated alkanes) is 13. The zero-order valence-corrected chi connectivity index (χ0v) is 26.9. The van der Waals surface area contributed by atoms with Crippen molar-refractivity contribution in [3.63, 3.8) is 0 Å². The minimum atomic E-state index is -0.763. The third kappa shape index (κ3) is 16.2. The summed E-state index contributed by atoms with van der Waals surface area (Å²) in [5, 5.41) is 41.2. The quantitative estimate of drug-likeness (QED) is 0.0624. The number of rotatable bonds is 26. The molecule has 0 bridgehead atoms. The molecule has 2 heterocycles. The third-order valence-corrected chi connectivity index (χ3v) is 9.14. The van der Waals surface area contributed by atoms with Crippen LogP contribution in [0.5, 0.6) is 0 Å². The molecule has 0 radical (unpaired) electrons. The minimum absolute atomic E-state index is 0.135. The number of hydrogen-bond donors (Lipinski definition) is 4. The molecule has 7 atom stereocenters. The second kappa shape index (κ2) is 22.5. The molecule has 0 aliphatic carbocycles. The molecule has 0 spiro atoms. The predicted molar refractivity (Wildman–Crippen MR) is 168 cm³/mol. The van der Waals surface area contributed by atoms with Crippen molar-refractivity contribution in [2.45, 2.75) is 204 Å². The summed E-state index contributed by atoms with van der Waals surface area (Å²) in [6.45, 7) is 4.03. The highest BCUT2D eigenvalue weighted by Gasteiger charge is 2.31. The van der Waals surface area contributed by atoms with E-state index in [4.69, 9.17) is 9.47 Å². The summed E-state index contributed by atoms with van der Waals surface area (Å²) in [7, 11) is 0. The molecule has 1 saturated heterocycles. The van der Waals surface area contributed by atoms with Crippen molar-refractivity contribution in [2.75, 3.05) is 0 Å². The van der Waals surface area contributed by atoms with Crippen LogP contribution in [0.15, 0.2) is 11.6 Å². The van der Waals surface area contributed by atoms with Gasteiger partial charge in [-0.15, -0.1) is 0 Å². The number of hydrogen-bond acceptors (Lipinski definition) is 7. The first-order valence-corrected chi connectivity index (χ1v) is 17.6. The molecule has 0 amide bonds. The predicted octanol–water partition coefficient (Wildman–Crippen LogP) is 7.06.